The molecule has 0 aliphatic carbocycles. The average molecular weight is 227 g/mol. The van der Waals surface area contributed by atoms with Crippen LogP contribution in [0.3, 0.4) is 0 Å². The van der Waals surface area contributed by atoms with Crippen molar-refractivity contribution < 1.29 is 14.7 Å². The third kappa shape index (κ3) is 3.30. The van der Waals surface area contributed by atoms with E-state index in [-0.39, 0.29) is 11.6 Å². The van der Waals surface area contributed by atoms with Crippen LogP contribution in [0.15, 0.2) is 0 Å². The highest BCUT2D eigenvalue weighted by molar-refractivity contribution is 6.07. The van der Waals surface area contributed by atoms with Gasteiger partial charge in [-0.1, -0.05) is 0 Å². The maximum absolute atomic E-state index is 10.9. The van der Waals surface area contributed by atoms with Crippen molar-refractivity contribution in [2.75, 3.05) is 13.1 Å². The molecule has 1 heterocycles. The summed E-state index contributed by atoms with van der Waals surface area (Å²) in [6, 6.07) is -1.18. The maximum Gasteiger partial charge on any atom is 0.332 e. The second-order valence-corrected chi connectivity index (χ2v) is 3.95. The van der Waals surface area contributed by atoms with Gasteiger partial charge in [-0.05, 0) is 25.9 Å². The molecule has 0 aromatic carbocycles. The van der Waals surface area contributed by atoms with Gasteiger partial charge in [0.2, 0.25) is 5.91 Å². The summed E-state index contributed by atoms with van der Waals surface area (Å²) < 4.78 is 0. The van der Waals surface area contributed by atoms with E-state index in [1.54, 1.807) is 0 Å². The zero-order valence-corrected chi connectivity index (χ0v) is 9.25. The summed E-state index contributed by atoms with van der Waals surface area (Å²) in [6.07, 6.45) is 1.50. The molecule has 0 aromatic rings. The highest BCUT2D eigenvalue weighted by Crippen LogP contribution is 2.15. The van der Waals surface area contributed by atoms with E-state index in [9.17, 15) is 9.59 Å². The summed E-state index contributed by atoms with van der Waals surface area (Å²) in [5, 5.41) is 22.2. The van der Waals surface area contributed by atoms with E-state index in [1.807, 2.05) is 0 Å². The first-order chi connectivity index (χ1) is 7.52. The largest absolute Gasteiger partial charge is 0.479 e. The Morgan fingerprint density at radius 1 is 1.44 bits per heavy atom. The van der Waals surface area contributed by atoms with Gasteiger partial charge in [0.05, 0.1) is 0 Å². The summed E-state index contributed by atoms with van der Waals surface area (Å²) >= 11 is 0. The van der Waals surface area contributed by atoms with Crippen molar-refractivity contribution in [1.29, 1.82) is 5.41 Å². The number of carboxylic acids is 1. The number of carbonyl (C=O) groups is 2. The van der Waals surface area contributed by atoms with Crippen LogP contribution in [-0.2, 0) is 9.59 Å². The molecule has 90 valence electrons. The Morgan fingerprint density at radius 3 is 2.44 bits per heavy atom. The van der Waals surface area contributed by atoms with Crippen LogP contribution in [0.4, 0.5) is 0 Å². The lowest BCUT2D eigenvalue weighted by atomic mass is 9.89. The van der Waals surface area contributed by atoms with Crippen molar-refractivity contribution in [1.82, 2.24) is 10.6 Å². The van der Waals surface area contributed by atoms with Gasteiger partial charge in [-0.3, -0.25) is 4.79 Å². The van der Waals surface area contributed by atoms with E-state index in [2.05, 4.69) is 10.6 Å². The molecule has 16 heavy (non-hydrogen) atoms. The molecule has 1 saturated heterocycles. The minimum Gasteiger partial charge on any atom is -0.479 e. The van der Waals surface area contributed by atoms with Gasteiger partial charge in [0.1, 0.15) is 0 Å². The first-order valence-electron chi connectivity index (χ1n) is 5.31. The van der Waals surface area contributed by atoms with E-state index in [1.165, 1.54) is 6.92 Å². The molecular formula is C10H17N3O3. The Morgan fingerprint density at radius 2 is 2.00 bits per heavy atom. The summed E-state index contributed by atoms with van der Waals surface area (Å²) in [7, 11) is 0. The standard InChI is InChI=1S/C10H17N3O3/c1-6(14)13-9(10(15)16)8(11)7-2-4-12-5-3-7/h7,9,11-12H,2-5H2,1H3,(H,13,14)(H,15,16)/t9-/m0/s1. The Bertz CT molecular complexity index is 298. The van der Waals surface area contributed by atoms with E-state index in [4.69, 9.17) is 10.5 Å². The van der Waals surface area contributed by atoms with E-state index in [0.29, 0.717) is 0 Å². The number of nitrogens with one attached hydrogen (secondary N) is 3. The van der Waals surface area contributed by atoms with Crippen molar-refractivity contribution in [3.05, 3.63) is 0 Å². The molecule has 1 aliphatic heterocycles. The molecule has 1 fully saturated rings. The number of hydrogen-bond donors (Lipinski definition) is 4. The summed E-state index contributed by atoms with van der Waals surface area (Å²) in [6.45, 7) is 2.84. The van der Waals surface area contributed by atoms with E-state index < -0.39 is 17.9 Å². The van der Waals surface area contributed by atoms with Crippen LogP contribution in [0.1, 0.15) is 19.8 Å². The van der Waals surface area contributed by atoms with E-state index in [0.717, 1.165) is 25.9 Å². The van der Waals surface area contributed by atoms with Crippen molar-refractivity contribution in [3.8, 4) is 0 Å². The highest BCUT2D eigenvalue weighted by atomic mass is 16.4. The van der Waals surface area contributed by atoms with Gasteiger partial charge in [0, 0.05) is 18.6 Å². The van der Waals surface area contributed by atoms with Crippen LogP contribution in [0.2, 0.25) is 0 Å². The number of hydrogen-bond acceptors (Lipinski definition) is 4. The molecule has 1 amide bonds. The third-order valence-electron chi connectivity index (χ3n) is 2.68. The van der Waals surface area contributed by atoms with Crippen molar-refractivity contribution in [2.45, 2.75) is 25.8 Å². The smallest absolute Gasteiger partial charge is 0.332 e. The summed E-state index contributed by atoms with van der Waals surface area (Å²) in [4.78, 5) is 21.8. The topological polar surface area (TPSA) is 102 Å². The lowest BCUT2D eigenvalue weighted by Crippen LogP contribution is -2.49. The van der Waals surface area contributed by atoms with Crippen LogP contribution in [-0.4, -0.2) is 41.8 Å². The fourth-order valence-electron chi connectivity index (χ4n) is 1.84. The number of carboxylic acid groups (broad SMARTS) is 1. The first kappa shape index (κ1) is 12.6. The molecule has 6 heteroatoms. The average Bonchev–Trinajstić information content (AvgIpc) is 2.25. The fourth-order valence-corrected chi connectivity index (χ4v) is 1.84. The van der Waals surface area contributed by atoms with Gasteiger partial charge >= 0.3 is 5.97 Å². The molecule has 0 unspecified atom stereocenters. The Kier molecular flexibility index (Phi) is 4.42. The lowest BCUT2D eigenvalue weighted by molar-refractivity contribution is -0.139. The Labute approximate surface area is 93.9 Å². The monoisotopic (exact) mass is 227 g/mol. The molecule has 0 aromatic heterocycles. The second kappa shape index (κ2) is 5.60. The van der Waals surface area contributed by atoms with Gasteiger partial charge < -0.3 is 21.1 Å². The van der Waals surface area contributed by atoms with Crippen molar-refractivity contribution in [2.24, 2.45) is 5.92 Å². The highest BCUT2D eigenvalue weighted by Gasteiger charge is 2.30. The van der Waals surface area contributed by atoms with Crippen LogP contribution in [0, 0.1) is 11.3 Å². The van der Waals surface area contributed by atoms with Gasteiger partial charge in [0.25, 0.3) is 0 Å². The number of piperidine rings is 1. The van der Waals surface area contributed by atoms with Crippen LogP contribution >= 0.6 is 0 Å². The first-order valence-corrected chi connectivity index (χ1v) is 5.31. The minimum absolute atomic E-state index is 0.0470. The fraction of sp³-hybridized carbons (Fsp3) is 0.700. The molecule has 0 bridgehead atoms. The minimum atomic E-state index is -1.18. The molecule has 1 atom stereocenters. The molecule has 6 nitrogen and oxygen atoms in total. The quantitative estimate of drug-likeness (QED) is 0.490. The number of rotatable bonds is 4. The van der Waals surface area contributed by atoms with Crippen molar-refractivity contribution >= 4 is 17.6 Å². The molecule has 0 spiro atoms. The normalized spacial score (nSPS) is 18.8. The van der Waals surface area contributed by atoms with Gasteiger partial charge in [-0.15, -0.1) is 0 Å². The maximum atomic E-state index is 10.9. The van der Waals surface area contributed by atoms with Crippen LogP contribution in [0.25, 0.3) is 0 Å². The predicted octanol–water partition coefficient (Wildman–Crippen LogP) is -0.405. The van der Waals surface area contributed by atoms with E-state index >= 15 is 0 Å². The summed E-state index contributed by atoms with van der Waals surface area (Å²) in [5.41, 5.74) is 0.101. The SMILES string of the molecule is CC(=O)N[C@@H](C(=N)C1CCNCC1)C(=O)O. The van der Waals surface area contributed by atoms with Gasteiger partial charge in [-0.2, -0.15) is 0 Å². The Balaban J connectivity index is 2.65. The molecule has 1 aliphatic rings. The zero-order valence-electron chi connectivity index (χ0n) is 9.25. The number of amides is 1. The van der Waals surface area contributed by atoms with Crippen LogP contribution < -0.4 is 10.6 Å². The van der Waals surface area contributed by atoms with Gasteiger partial charge in [-0.25, -0.2) is 4.79 Å². The predicted molar refractivity (Wildman–Crippen MR) is 58.6 cm³/mol. The molecule has 4 N–H and O–H groups in total. The Hall–Kier alpha value is -1.43. The second-order valence-electron chi connectivity index (χ2n) is 3.95. The number of aliphatic carboxylic acids is 1. The molecular weight excluding hydrogens is 210 g/mol. The molecule has 1 rings (SSSR count). The lowest BCUT2D eigenvalue weighted by Gasteiger charge is -2.26. The van der Waals surface area contributed by atoms with Gasteiger partial charge in [0.15, 0.2) is 6.04 Å². The molecule has 0 radical (unpaired) electrons. The van der Waals surface area contributed by atoms with Crippen LogP contribution in [0.5, 0.6) is 0 Å². The number of carbonyl (C=O) groups excluding carboxylic acids is 1. The zero-order chi connectivity index (χ0) is 12.1. The third-order valence-corrected chi connectivity index (χ3v) is 2.68. The van der Waals surface area contributed by atoms with Crippen molar-refractivity contribution in [3.63, 3.8) is 0 Å². The summed E-state index contributed by atoms with van der Waals surface area (Å²) in [5.74, 6) is -1.64. The molecule has 0 saturated carbocycles.